The summed E-state index contributed by atoms with van der Waals surface area (Å²) in [5, 5.41) is 3.29. The van der Waals surface area contributed by atoms with Crippen LogP contribution in [0.1, 0.15) is 18.7 Å². The number of hydrogen-bond donors (Lipinski definition) is 2. The SMILES string of the molecule is CC(=O)C(c1ccc[nH]1)N1CCNCC1. The quantitative estimate of drug-likeness (QED) is 0.761. The van der Waals surface area contributed by atoms with Crippen molar-refractivity contribution in [1.82, 2.24) is 15.2 Å². The fourth-order valence-electron chi connectivity index (χ4n) is 2.13. The van der Waals surface area contributed by atoms with Gasteiger partial charge in [-0.2, -0.15) is 0 Å². The topological polar surface area (TPSA) is 48.1 Å². The third-order valence-electron chi connectivity index (χ3n) is 2.82. The lowest BCUT2D eigenvalue weighted by molar-refractivity contribution is -0.122. The van der Waals surface area contributed by atoms with Crippen LogP contribution in [0.25, 0.3) is 0 Å². The van der Waals surface area contributed by atoms with Crippen molar-refractivity contribution in [1.29, 1.82) is 0 Å². The van der Waals surface area contributed by atoms with Gasteiger partial charge in [0.2, 0.25) is 0 Å². The van der Waals surface area contributed by atoms with Crippen LogP contribution in [0, 0.1) is 0 Å². The number of piperazine rings is 1. The third-order valence-corrected chi connectivity index (χ3v) is 2.82. The number of carbonyl (C=O) groups is 1. The Bertz CT molecular complexity index is 315. The Hall–Kier alpha value is -1.13. The average molecular weight is 207 g/mol. The molecule has 1 aliphatic rings. The Morgan fingerprint density at radius 1 is 1.47 bits per heavy atom. The van der Waals surface area contributed by atoms with E-state index in [9.17, 15) is 4.79 Å². The molecule has 4 nitrogen and oxygen atoms in total. The first-order chi connectivity index (χ1) is 7.29. The van der Waals surface area contributed by atoms with Gasteiger partial charge in [-0.3, -0.25) is 9.69 Å². The zero-order valence-corrected chi connectivity index (χ0v) is 8.99. The van der Waals surface area contributed by atoms with Crippen LogP contribution in [0.15, 0.2) is 18.3 Å². The Balaban J connectivity index is 2.15. The normalized spacial score (nSPS) is 20.1. The summed E-state index contributed by atoms with van der Waals surface area (Å²) in [5.41, 5.74) is 1.00. The van der Waals surface area contributed by atoms with Crippen LogP contribution < -0.4 is 5.32 Å². The Morgan fingerprint density at radius 3 is 2.73 bits per heavy atom. The van der Waals surface area contributed by atoms with Crippen molar-refractivity contribution in [2.75, 3.05) is 26.2 Å². The Morgan fingerprint density at radius 2 is 2.20 bits per heavy atom. The van der Waals surface area contributed by atoms with Crippen LogP contribution in [0.3, 0.4) is 0 Å². The van der Waals surface area contributed by atoms with Crippen molar-refractivity contribution in [2.24, 2.45) is 0 Å². The summed E-state index contributed by atoms with van der Waals surface area (Å²) in [4.78, 5) is 17.0. The van der Waals surface area contributed by atoms with E-state index in [-0.39, 0.29) is 11.8 Å². The summed E-state index contributed by atoms with van der Waals surface area (Å²) in [6, 6.07) is 3.82. The summed E-state index contributed by atoms with van der Waals surface area (Å²) < 4.78 is 0. The largest absolute Gasteiger partial charge is 0.363 e. The molecule has 0 saturated carbocycles. The molecule has 0 radical (unpaired) electrons. The van der Waals surface area contributed by atoms with E-state index in [4.69, 9.17) is 0 Å². The number of Topliss-reactive ketones (excluding diaryl/α,β-unsaturated/α-hetero) is 1. The number of nitrogens with zero attached hydrogens (tertiary/aromatic N) is 1. The van der Waals surface area contributed by atoms with Gasteiger partial charge in [0.1, 0.15) is 6.04 Å². The van der Waals surface area contributed by atoms with Crippen molar-refractivity contribution in [3.63, 3.8) is 0 Å². The first-order valence-electron chi connectivity index (χ1n) is 5.37. The van der Waals surface area contributed by atoms with Gasteiger partial charge >= 0.3 is 0 Å². The second-order valence-electron chi connectivity index (χ2n) is 3.92. The molecule has 2 N–H and O–H groups in total. The highest BCUT2D eigenvalue weighted by Crippen LogP contribution is 2.20. The van der Waals surface area contributed by atoms with Gasteiger partial charge in [0, 0.05) is 38.1 Å². The number of rotatable bonds is 3. The fraction of sp³-hybridized carbons (Fsp3) is 0.545. The van der Waals surface area contributed by atoms with Crippen molar-refractivity contribution < 1.29 is 4.79 Å². The van der Waals surface area contributed by atoms with E-state index in [2.05, 4.69) is 15.2 Å². The number of carbonyl (C=O) groups excluding carboxylic acids is 1. The molecule has 0 amide bonds. The summed E-state index contributed by atoms with van der Waals surface area (Å²) in [6.45, 7) is 5.45. The molecule has 1 saturated heterocycles. The van der Waals surface area contributed by atoms with Crippen LogP contribution in [0.5, 0.6) is 0 Å². The molecule has 1 fully saturated rings. The number of hydrogen-bond acceptors (Lipinski definition) is 3. The van der Waals surface area contributed by atoms with E-state index >= 15 is 0 Å². The molecular weight excluding hydrogens is 190 g/mol. The predicted octanol–water partition coefficient (Wildman–Crippen LogP) is 0.550. The highest BCUT2D eigenvalue weighted by molar-refractivity contribution is 5.82. The van der Waals surface area contributed by atoms with Crippen molar-refractivity contribution in [3.8, 4) is 0 Å². The van der Waals surface area contributed by atoms with E-state index < -0.39 is 0 Å². The molecular formula is C11H17N3O. The first kappa shape index (κ1) is 10.4. The maximum atomic E-state index is 11.7. The molecule has 1 aromatic rings. The fourth-order valence-corrected chi connectivity index (χ4v) is 2.13. The maximum Gasteiger partial charge on any atom is 0.152 e. The van der Waals surface area contributed by atoms with Crippen LogP contribution in [-0.4, -0.2) is 41.8 Å². The maximum absolute atomic E-state index is 11.7. The number of H-pyrrole nitrogens is 1. The minimum absolute atomic E-state index is 0.0953. The van der Waals surface area contributed by atoms with E-state index in [0.29, 0.717) is 0 Å². The molecule has 15 heavy (non-hydrogen) atoms. The lowest BCUT2D eigenvalue weighted by Gasteiger charge is -2.32. The third kappa shape index (κ3) is 2.27. The molecule has 1 atom stereocenters. The molecule has 1 aromatic heterocycles. The van der Waals surface area contributed by atoms with Gasteiger partial charge in [0.05, 0.1) is 0 Å². The number of aromatic amines is 1. The molecule has 1 aliphatic heterocycles. The van der Waals surface area contributed by atoms with Crippen molar-refractivity contribution in [2.45, 2.75) is 13.0 Å². The number of aromatic nitrogens is 1. The molecule has 2 heterocycles. The second kappa shape index (κ2) is 4.59. The highest BCUT2D eigenvalue weighted by Gasteiger charge is 2.26. The zero-order chi connectivity index (χ0) is 10.7. The molecule has 0 aliphatic carbocycles. The van der Waals surface area contributed by atoms with Gasteiger partial charge in [-0.25, -0.2) is 0 Å². The molecule has 0 aromatic carbocycles. The minimum Gasteiger partial charge on any atom is -0.363 e. The van der Waals surface area contributed by atoms with Crippen molar-refractivity contribution in [3.05, 3.63) is 24.0 Å². The summed E-state index contributed by atoms with van der Waals surface area (Å²) >= 11 is 0. The smallest absolute Gasteiger partial charge is 0.152 e. The van der Waals surface area contributed by atoms with Gasteiger partial charge in [0.25, 0.3) is 0 Å². The molecule has 2 rings (SSSR count). The molecule has 0 spiro atoms. The summed E-state index contributed by atoms with van der Waals surface area (Å²) in [5.74, 6) is 0.208. The lowest BCUT2D eigenvalue weighted by Crippen LogP contribution is -2.46. The number of ketones is 1. The van der Waals surface area contributed by atoms with Crippen molar-refractivity contribution >= 4 is 5.78 Å². The van der Waals surface area contributed by atoms with Crippen LogP contribution >= 0.6 is 0 Å². The van der Waals surface area contributed by atoms with Gasteiger partial charge in [-0.1, -0.05) is 0 Å². The van der Waals surface area contributed by atoms with Crippen LogP contribution in [0.4, 0.5) is 0 Å². The van der Waals surface area contributed by atoms with Gasteiger partial charge in [-0.15, -0.1) is 0 Å². The molecule has 1 unspecified atom stereocenters. The van der Waals surface area contributed by atoms with Gasteiger partial charge in [-0.05, 0) is 19.1 Å². The Labute approximate surface area is 89.7 Å². The summed E-state index contributed by atoms with van der Waals surface area (Å²) in [6.07, 6.45) is 1.87. The monoisotopic (exact) mass is 207 g/mol. The van der Waals surface area contributed by atoms with Crippen LogP contribution in [0.2, 0.25) is 0 Å². The first-order valence-corrected chi connectivity index (χ1v) is 5.37. The van der Waals surface area contributed by atoms with Gasteiger partial charge in [0.15, 0.2) is 5.78 Å². The van der Waals surface area contributed by atoms with Gasteiger partial charge < -0.3 is 10.3 Å². The van der Waals surface area contributed by atoms with E-state index in [1.165, 1.54) is 0 Å². The standard InChI is InChI=1S/C11H17N3O/c1-9(15)11(10-3-2-4-13-10)14-7-5-12-6-8-14/h2-4,11-13H,5-8H2,1H3. The second-order valence-corrected chi connectivity index (χ2v) is 3.92. The van der Waals surface area contributed by atoms with E-state index in [1.807, 2.05) is 18.3 Å². The zero-order valence-electron chi connectivity index (χ0n) is 8.99. The minimum atomic E-state index is -0.0953. The molecule has 82 valence electrons. The lowest BCUT2D eigenvalue weighted by atomic mass is 10.1. The van der Waals surface area contributed by atoms with Crippen LogP contribution in [-0.2, 0) is 4.79 Å². The molecule has 4 heteroatoms. The molecule has 0 bridgehead atoms. The predicted molar refractivity (Wildman–Crippen MR) is 58.7 cm³/mol. The Kier molecular flexibility index (Phi) is 3.18. The highest BCUT2D eigenvalue weighted by atomic mass is 16.1. The number of nitrogens with one attached hydrogen (secondary N) is 2. The van der Waals surface area contributed by atoms with E-state index in [1.54, 1.807) is 6.92 Å². The summed E-state index contributed by atoms with van der Waals surface area (Å²) in [7, 11) is 0. The average Bonchev–Trinajstić information content (AvgIpc) is 2.72. The van der Waals surface area contributed by atoms with E-state index in [0.717, 1.165) is 31.9 Å².